The van der Waals surface area contributed by atoms with Gasteiger partial charge in [0.25, 0.3) is 0 Å². The Hall–Kier alpha value is -1.58. The lowest BCUT2D eigenvalue weighted by atomic mass is 10.2. The second-order valence-corrected chi connectivity index (χ2v) is 4.12. The van der Waals surface area contributed by atoms with Gasteiger partial charge >= 0.3 is 0 Å². The highest BCUT2D eigenvalue weighted by Gasteiger charge is 2.21. The summed E-state index contributed by atoms with van der Waals surface area (Å²) in [4.78, 5) is 8.70. The molecule has 0 atom stereocenters. The molecule has 1 aliphatic rings. The summed E-state index contributed by atoms with van der Waals surface area (Å²) in [5.41, 5.74) is 7.78. The highest BCUT2D eigenvalue weighted by Crippen LogP contribution is 2.33. The maximum Gasteiger partial charge on any atom is 0.202 e. The van der Waals surface area contributed by atoms with Gasteiger partial charge in [0.1, 0.15) is 5.52 Å². The Morgan fingerprint density at radius 3 is 2.93 bits per heavy atom. The number of hydrogen-bond donors (Lipinski definition) is 1. The fraction of sp³-hybridized carbons (Fsp3) is 0.455. The molecule has 4 heteroatoms. The van der Waals surface area contributed by atoms with E-state index < -0.39 is 0 Å². The van der Waals surface area contributed by atoms with Gasteiger partial charge in [0.15, 0.2) is 5.65 Å². The molecule has 0 unspecified atom stereocenters. The Morgan fingerprint density at radius 2 is 2.13 bits per heavy atom. The fourth-order valence-corrected chi connectivity index (χ4v) is 2.47. The third-order valence-electron chi connectivity index (χ3n) is 3.17. The van der Waals surface area contributed by atoms with Crippen molar-refractivity contribution in [3.05, 3.63) is 18.3 Å². The first-order chi connectivity index (χ1) is 7.36. The zero-order chi connectivity index (χ0) is 10.3. The van der Waals surface area contributed by atoms with Gasteiger partial charge in [0.2, 0.25) is 5.95 Å². The molecule has 3 rings (SSSR count). The van der Waals surface area contributed by atoms with Gasteiger partial charge in [-0.3, -0.25) is 4.57 Å². The lowest BCUT2D eigenvalue weighted by Gasteiger charge is -2.12. The van der Waals surface area contributed by atoms with Crippen molar-refractivity contribution in [2.75, 3.05) is 5.73 Å². The van der Waals surface area contributed by atoms with E-state index in [0.29, 0.717) is 12.0 Å². The second kappa shape index (κ2) is 3.22. The summed E-state index contributed by atoms with van der Waals surface area (Å²) in [5.74, 6) is 0.607. The van der Waals surface area contributed by atoms with Crippen LogP contribution in [0.5, 0.6) is 0 Å². The van der Waals surface area contributed by atoms with Gasteiger partial charge < -0.3 is 5.73 Å². The molecule has 15 heavy (non-hydrogen) atoms. The molecule has 2 N–H and O–H groups in total. The number of nitrogen functional groups attached to an aromatic ring is 1. The summed E-state index contributed by atoms with van der Waals surface area (Å²) in [6.45, 7) is 0. The van der Waals surface area contributed by atoms with Crippen LogP contribution in [0.1, 0.15) is 31.7 Å². The Balaban J connectivity index is 2.19. The Kier molecular flexibility index (Phi) is 1.87. The third kappa shape index (κ3) is 1.28. The minimum Gasteiger partial charge on any atom is -0.369 e. The topological polar surface area (TPSA) is 56.7 Å². The number of hydrogen-bond acceptors (Lipinski definition) is 3. The second-order valence-electron chi connectivity index (χ2n) is 4.12. The van der Waals surface area contributed by atoms with E-state index in [1.165, 1.54) is 25.7 Å². The largest absolute Gasteiger partial charge is 0.369 e. The van der Waals surface area contributed by atoms with Crippen LogP contribution in [0.3, 0.4) is 0 Å². The van der Waals surface area contributed by atoms with E-state index in [2.05, 4.69) is 14.5 Å². The van der Waals surface area contributed by atoms with Crippen LogP contribution in [0.2, 0.25) is 0 Å². The van der Waals surface area contributed by atoms with Gasteiger partial charge in [-0.15, -0.1) is 0 Å². The molecule has 1 saturated carbocycles. The van der Waals surface area contributed by atoms with E-state index in [1.54, 1.807) is 6.20 Å². The number of nitrogens with zero attached hydrogens (tertiary/aromatic N) is 3. The van der Waals surface area contributed by atoms with Crippen LogP contribution in [0.4, 0.5) is 5.95 Å². The highest BCUT2D eigenvalue weighted by atomic mass is 15.2. The van der Waals surface area contributed by atoms with Crippen molar-refractivity contribution in [3.63, 3.8) is 0 Å². The number of imidazole rings is 1. The van der Waals surface area contributed by atoms with Crippen LogP contribution >= 0.6 is 0 Å². The molecule has 0 spiro atoms. The van der Waals surface area contributed by atoms with Crippen LogP contribution in [0.15, 0.2) is 18.3 Å². The minimum absolute atomic E-state index is 0.505. The van der Waals surface area contributed by atoms with Gasteiger partial charge in [0, 0.05) is 12.2 Å². The summed E-state index contributed by atoms with van der Waals surface area (Å²) in [7, 11) is 0. The zero-order valence-electron chi connectivity index (χ0n) is 8.56. The molecule has 2 heterocycles. The maximum absolute atomic E-state index is 5.94. The molecule has 78 valence electrons. The summed E-state index contributed by atoms with van der Waals surface area (Å²) in [5, 5.41) is 0. The first-order valence-electron chi connectivity index (χ1n) is 5.44. The van der Waals surface area contributed by atoms with E-state index in [-0.39, 0.29) is 0 Å². The van der Waals surface area contributed by atoms with Gasteiger partial charge in [-0.1, -0.05) is 12.8 Å². The molecule has 4 nitrogen and oxygen atoms in total. The van der Waals surface area contributed by atoms with Crippen LogP contribution < -0.4 is 5.73 Å². The quantitative estimate of drug-likeness (QED) is 0.770. The zero-order valence-corrected chi connectivity index (χ0v) is 8.56. The molecule has 0 radical (unpaired) electrons. The van der Waals surface area contributed by atoms with Crippen molar-refractivity contribution in [2.45, 2.75) is 31.7 Å². The molecular weight excluding hydrogens is 188 g/mol. The van der Waals surface area contributed by atoms with E-state index in [4.69, 9.17) is 5.73 Å². The molecule has 0 bridgehead atoms. The molecule has 1 fully saturated rings. The smallest absolute Gasteiger partial charge is 0.202 e. The standard InChI is InChI=1S/C11H14N4/c12-11-14-9-6-3-7-13-10(9)15(11)8-4-1-2-5-8/h3,6-8H,1-2,4-5H2,(H2,12,14). The summed E-state index contributed by atoms with van der Waals surface area (Å²) in [6.07, 6.45) is 6.78. The number of fused-ring (bicyclic) bond motifs is 1. The molecular formula is C11H14N4. The number of nitrogens with two attached hydrogens (primary N) is 1. The van der Waals surface area contributed by atoms with Crippen LogP contribution in [0, 0.1) is 0 Å². The summed E-state index contributed by atoms with van der Waals surface area (Å²) in [6, 6.07) is 4.36. The summed E-state index contributed by atoms with van der Waals surface area (Å²) < 4.78 is 2.10. The van der Waals surface area contributed by atoms with Gasteiger partial charge in [-0.05, 0) is 25.0 Å². The van der Waals surface area contributed by atoms with E-state index in [0.717, 1.165) is 11.2 Å². The van der Waals surface area contributed by atoms with E-state index >= 15 is 0 Å². The molecule has 0 aliphatic heterocycles. The SMILES string of the molecule is Nc1nc2cccnc2n1C1CCCC1. The van der Waals surface area contributed by atoms with Crippen molar-refractivity contribution >= 4 is 17.1 Å². The number of pyridine rings is 1. The molecule has 0 aromatic carbocycles. The Morgan fingerprint density at radius 1 is 1.33 bits per heavy atom. The molecule has 2 aromatic heterocycles. The highest BCUT2D eigenvalue weighted by molar-refractivity contribution is 5.73. The first-order valence-corrected chi connectivity index (χ1v) is 5.44. The van der Waals surface area contributed by atoms with Crippen molar-refractivity contribution < 1.29 is 0 Å². The van der Waals surface area contributed by atoms with E-state index in [9.17, 15) is 0 Å². The maximum atomic E-state index is 5.94. The number of anilines is 1. The Bertz CT molecular complexity index is 482. The number of rotatable bonds is 1. The average Bonchev–Trinajstić information content (AvgIpc) is 2.82. The predicted octanol–water partition coefficient (Wildman–Crippen LogP) is 2.13. The average molecular weight is 202 g/mol. The van der Waals surface area contributed by atoms with Crippen molar-refractivity contribution in [1.29, 1.82) is 0 Å². The molecule has 1 aliphatic carbocycles. The third-order valence-corrected chi connectivity index (χ3v) is 3.17. The van der Waals surface area contributed by atoms with E-state index in [1.807, 2.05) is 12.1 Å². The molecule has 2 aromatic rings. The summed E-state index contributed by atoms with van der Waals surface area (Å²) >= 11 is 0. The van der Waals surface area contributed by atoms with Crippen molar-refractivity contribution in [2.24, 2.45) is 0 Å². The van der Waals surface area contributed by atoms with Crippen LogP contribution in [-0.4, -0.2) is 14.5 Å². The first kappa shape index (κ1) is 8.71. The lowest BCUT2D eigenvalue weighted by molar-refractivity contribution is 0.536. The number of aromatic nitrogens is 3. The Labute approximate surface area is 88.1 Å². The van der Waals surface area contributed by atoms with Gasteiger partial charge in [-0.25, -0.2) is 9.97 Å². The molecule has 0 saturated heterocycles. The van der Waals surface area contributed by atoms with Gasteiger partial charge in [-0.2, -0.15) is 0 Å². The van der Waals surface area contributed by atoms with Crippen molar-refractivity contribution in [1.82, 2.24) is 14.5 Å². The monoisotopic (exact) mass is 202 g/mol. The van der Waals surface area contributed by atoms with Crippen LogP contribution in [-0.2, 0) is 0 Å². The van der Waals surface area contributed by atoms with Crippen LogP contribution in [0.25, 0.3) is 11.2 Å². The normalized spacial score (nSPS) is 17.6. The molecule has 0 amide bonds. The lowest BCUT2D eigenvalue weighted by Crippen LogP contribution is -2.08. The predicted molar refractivity (Wildman–Crippen MR) is 59.4 cm³/mol. The van der Waals surface area contributed by atoms with Crippen molar-refractivity contribution in [3.8, 4) is 0 Å². The van der Waals surface area contributed by atoms with Gasteiger partial charge in [0.05, 0.1) is 0 Å². The minimum atomic E-state index is 0.505. The fourth-order valence-electron chi connectivity index (χ4n) is 2.47.